The molecule has 18 heavy (non-hydrogen) atoms. The number of rotatable bonds is 5. The van der Waals surface area contributed by atoms with Gasteiger partial charge in [0.2, 0.25) is 0 Å². The van der Waals surface area contributed by atoms with Crippen molar-refractivity contribution in [3.63, 3.8) is 0 Å². The number of aromatic nitrogens is 5. The molecule has 2 heterocycles. The predicted octanol–water partition coefficient (Wildman–Crippen LogP) is 1.37. The Balaban J connectivity index is 2.13. The Morgan fingerprint density at radius 1 is 1.33 bits per heavy atom. The van der Waals surface area contributed by atoms with Crippen molar-refractivity contribution >= 4 is 5.69 Å². The van der Waals surface area contributed by atoms with Gasteiger partial charge >= 0.3 is 0 Å². The highest BCUT2D eigenvalue weighted by Gasteiger charge is 2.11. The number of aryl methyl sites for hydroxylation is 2. The maximum absolute atomic E-state index is 4.25. The lowest BCUT2D eigenvalue weighted by molar-refractivity contribution is 0.617. The molecule has 0 bridgehead atoms. The number of anilines is 1. The first-order chi connectivity index (χ1) is 8.61. The predicted molar refractivity (Wildman–Crippen MR) is 70.4 cm³/mol. The zero-order chi connectivity index (χ0) is 13.1. The van der Waals surface area contributed by atoms with Crippen molar-refractivity contribution < 1.29 is 0 Å². The van der Waals surface area contributed by atoms with Crippen molar-refractivity contribution in [1.82, 2.24) is 24.5 Å². The Labute approximate surface area is 107 Å². The molecule has 0 unspecified atom stereocenters. The minimum Gasteiger partial charge on any atom is -0.365 e. The van der Waals surface area contributed by atoms with Crippen molar-refractivity contribution in [3.8, 4) is 0 Å². The molecule has 0 spiro atoms. The summed E-state index contributed by atoms with van der Waals surface area (Å²) in [6.45, 7) is 5.87. The molecule has 0 aliphatic rings. The summed E-state index contributed by atoms with van der Waals surface area (Å²) in [6, 6.07) is 0. The summed E-state index contributed by atoms with van der Waals surface area (Å²) < 4.78 is 3.97. The molecular weight excluding hydrogens is 228 g/mol. The lowest BCUT2D eigenvalue weighted by atomic mass is 10.4. The van der Waals surface area contributed by atoms with Gasteiger partial charge in [0.05, 0.1) is 18.4 Å². The first-order valence-corrected chi connectivity index (χ1v) is 6.20. The molecule has 0 aliphatic heterocycles. The summed E-state index contributed by atoms with van der Waals surface area (Å²) in [5, 5.41) is 12.6. The highest BCUT2D eigenvalue weighted by atomic mass is 15.3. The van der Waals surface area contributed by atoms with Crippen LogP contribution in [0.15, 0.2) is 12.4 Å². The molecule has 0 atom stereocenters. The smallest absolute Gasteiger partial charge is 0.152 e. The van der Waals surface area contributed by atoms with Crippen molar-refractivity contribution in [3.05, 3.63) is 24.0 Å². The zero-order valence-corrected chi connectivity index (χ0v) is 11.5. The van der Waals surface area contributed by atoms with E-state index in [9.17, 15) is 0 Å². The maximum atomic E-state index is 4.25. The Kier molecular flexibility index (Phi) is 3.64. The van der Waals surface area contributed by atoms with E-state index in [0.29, 0.717) is 0 Å². The van der Waals surface area contributed by atoms with E-state index in [2.05, 4.69) is 31.7 Å². The third-order valence-electron chi connectivity index (χ3n) is 2.97. The van der Waals surface area contributed by atoms with Crippen LogP contribution in [0, 0.1) is 6.92 Å². The Morgan fingerprint density at radius 3 is 2.72 bits per heavy atom. The second-order valence-electron chi connectivity index (χ2n) is 4.54. The Hall–Kier alpha value is -1.85. The molecule has 2 aromatic heterocycles. The molecule has 0 N–H and O–H groups in total. The second kappa shape index (κ2) is 5.20. The van der Waals surface area contributed by atoms with Crippen LogP contribution in [0.4, 0.5) is 5.69 Å². The quantitative estimate of drug-likeness (QED) is 0.802. The average molecular weight is 248 g/mol. The monoisotopic (exact) mass is 248 g/mol. The first kappa shape index (κ1) is 12.6. The van der Waals surface area contributed by atoms with Crippen LogP contribution in [0.3, 0.4) is 0 Å². The van der Waals surface area contributed by atoms with Crippen LogP contribution in [0.5, 0.6) is 0 Å². The summed E-state index contributed by atoms with van der Waals surface area (Å²) >= 11 is 0. The van der Waals surface area contributed by atoms with Crippen molar-refractivity contribution in [2.24, 2.45) is 7.05 Å². The fourth-order valence-corrected chi connectivity index (χ4v) is 1.97. The van der Waals surface area contributed by atoms with E-state index >= 15 is 0 Å². The molecule has 0 radical (unpaired) electrons. The van der Waals surface area contributed by atoms with Crippen LogP contribution >= 0.6 is 0 Å². The first-order valence-electron chi connectivity index (χ1n) is 6.20. The van der Waals surface area contributed by atoms with E-state index in [1.54, 1.807) is 4.68 Å². The molecule has 0 aromatic carbocycles. The molecule has 0 aliphatic carbocycles. The van der Waals surface area contributed by atoms with Gasteiger partial charge in [-0.05, 0) is 13.3 Å². The average Bonchev–Trinajstić information content (AvgIpc) is 2.90. The van der Waals surface area contributed by atoms with E-state index in [4.69, 9.17) is 0 Å². The fourth-order valence-electron chi connectivity index (χ4n) is 1.97. The normalized spacial score (nSPS) is 10.9. The summed E-state index contributed by atoms with van der Waals surface area (Å²) in [5.74, 6) is 1.98. The molecule has 6 nitrogen and oxygen atoms in total. The van der Waals surface area contributed by atoms with Crippen LogP contribution in [0.2, 0.25) is 0 Å². The molecule has 6 heteroatoms. The van der Waals surface area contributed by atoms with Crippen LogP contribution in [-0.2, 0) is 20.1 Å². The summed E-state index contributed by atoms with van der Waals surface area (Å²) in [4.78, 5) is 2.13. The number of hydrogen-bond donors (Lipinski definition) is 0. The summed E-state index contributed by atoms with van der Waals surface area (Å²) in [7, 11) is 3.96. The molecule has 0 fully saturated rings. The fraction of sp³-hybridized carbons (Fsp3) is 0.583. The molecular formula is C12H20N6. The highest BCUT2D eigenvalue weighted by Crippen LogP contribution is 2.13. The minimum atomic E-state index is 0.743. The van der Waals surface area contributed by atoms with Gasteiger partial charge in [-0.2, -0.15) is 5.10 Å². The van der Waals surface area contributed by atoms with E-state index in [0.717, 1.165) is 36.8 Å². The van der Waals surface area contributed by atoms with Gasteiger partial charge < -0.3 is 9.47 Å². The van der Waals surface area contributed by atoms with E-state index in [-0.39, 0.29) is 0 Å². The third kappa shape index (κ3) is 2.52. The Bertz CT molecular complexity index is 512. The molecule has 2 rings (SSSR count). The maximum Gasteiger partial charge on any atom is 0.152 e. The highest BCUT2D eigenvalue weighted by molar-refractivity contribution is 5.41. The molecule has 0 saturated carbocycles. The topological polar surface area (TPSA) is 51.8 Å². The largest absolute Gasteiger partial charge is 0.365 e. The van der Waals surface area contributed by atoms with Crippen LogP contribution < -0.4 is 4.90 Å². The van der Waals surface area contributed by atoms with E-state index < -0.39 is 0 Å². The van der Waals surface area contributed by atoms with Gasteiger partial charge in [0.25, 0.3) is 0 Å². The number of hydrogen-bond acceptors (Lipinski definition) is 4. The lowest BCUT2D eigenvalue weighted by Crippen LogP contribution is -2.19. The van der Waals surface area contributed by atoms with Crippen molar-refractivity contribution in [2.75, 3.05) is 11.9 Å². The standard InChI is InChI=1S/C12H20N6/c1-5-6-18-10(2)14-15-12(18)9-16(3)11-7-13-17(4)8-11/h7-8H,5-6,9H2,1-4H3. The summed E-state index contributed by atoms with van der Waals surface area (Å²) in [6.07, 6.45) is 4.93. The van der Waals surface area contributed by atoms with Crippen molar-refractivity contribution in [2.45, 2.75) is 33.4 Å². The molecule has 2 aromatic rings. The van der Waals surface area contributed by atoms with Crippen molar-refractivity contribution in [1.29, 1.82) is 0 Å². The number of nitrogens with zero attached hydrogens (tertiary/aromatic N) is 6. The van der Waals surface area contributed by atoms with E-state index in [1.807, 2.05) is 33.4 Å². The van der Waals surface area contributed by atoms with Gasteiger partial charge in [0.15, 0.2) is 5.82 Å². The zero-order valence-electron chi connectivity index (χ0n) is 11.5. The third-order valence-corrected chi connectivity index (χ3v) is 2.97. The van der Waals surface area contributed by atoms with Gasteiger partial charge in [-0.3, -0.25) is 4.68 Å². The Morgan fingerprint density at radius 2 is 2.11 bits per heavy atom. The SMILES string of the molecule is CCCn1c(C)nnc1CN(C)c1cnn(C)c1. The van der Waals surface area contributed by atoms with Crippen LogP contribution in [0.1, 0.15) is 25.0 Å². The van der Waals surface area contributed by atoms with Gasteiger partial charge in [0.1, 0.15) is 5.82 Å². The van der Waals surface area contributed by atoms with Gasteiger partial charge in [-0.1, -0.05) is 6.92 Å². The van der Waals surface area contributed by atoms with Gasteiger partial charge in [0, 0.05) is 26.8 Å². The van der Waals surface area contributed by atoms with E-state index in [1.165, 1.54) is 0 Å². The van der Waals surface area contributed by atoms with Gasteiger partial charge in [-0.25, -0.2) is 0 Å². The van der Waals surface area contributed by atoms with Crippen LogP contribution in [-0.4, -0.2) is 31.6 Å². The molecule has 98 valence electrons. The second-order valence-corrected chi connectivity index (χ2v) is 4.54. The molecule has 0 saturated heterocycles. The van der Waals surface area contributed by atoms with Gasteiger partial charge in [-0.15, -0.1) is 10.2 Å². The summed E-state index contributed by atoms with van der Waals surface area (Å²) in [5.41, 5.74) is 1.08. The van der Waals surface area contributed by atoms with Crippen LogP contribution in [0.25, 0.3) is 0 Å². The molecule has 0 amide bonds. The minimum absolute atomic E-state index is 0.743. The lowest BCUT2D eigenvalue weighted by Gasteiger charge is -2.17.